The molecular formula is C10H10N6O3. The number of nitrogens with one attached hydrogen (secondary N) is 1. The molecule has 0 aliphatic rings. The number of amides is 1. The Labute approximate surface area is 107 Å². The zero-order valence-corrected chi connectivity index (χ0v) is 9.68. The van der Waals surface area contributed by atoms with Crippen molar-refractivity contribution in [3.8, 4) is 0 Å². The fourth-order valence-electron chi connectivity index (χ4n) is 1.58. The first-order chi connectivity index (χ1) is 9.11. The Balaban J connectivity index is 2.27. The molecule has 0 bridgehead atoms. The molecule has 98 valence electrons. The van der Waals surface area contributed by atoms with Crippen molar-refractivity contribution in [2.24, 2.45) is 5.84 Å². The van der Waals surface area contributed by atoms with Crippen LogP contribution in [0.25, 0.3) is 0 Å². The van der Waals surface area contributed by atoms with Gasteiger partial charge in [0.15, 0.2) is 0 Å². The van der Waals surface area contributed by atoms with Crippen LogP contribution in [0.1, 0.15) is 15.9 Å². The number of nitrogens with zero attached hydrogens (tertiary/aromatic N) is 4. The van der Waals surface area contributed by atoms with Gasteiger partial charge in [-0.05, 0) is 16.6 Å². The summed E-state index contributed by atoms with van der Waals surface area (Å²) in [5.74, 6) is 4.16. The molecule has 9 nitrogen and oxygen atoms in total. The Kier molecular flexibility index (Phi) is 3.48. The molecule has 0 aliphatic heterocycles. The van der Waals surface area contributed by atoms with Gasteiger partial charge in [-0.25, -0.2) is 5.84 Å². The van der Waals surface area contributed by atoms with Crippen molar-refractivity contribution < 1.29 is 9.72 Å². The molecule has 0 saturated carbocycles. The van der Waals surface area contributed by atoms with Crippen LogP contribution in [0.2, 0.25) is 0 Å². The van der Waals surface area contributed by atoms with E-state index in [0.717, 1.165) is 0 Å². The first kappa shape index (κ1) is 12.6. The van der Waals surface area contributed by atoms with E-state index in [2.05, 4.69) is 10.1 Å². The van der Waals surface area contributed by atoms with Gasteiger partial charge in [0.1, 0.15) is 0 Å². The average molecular weight is 262 g/mol. The highest BCUT2D eigenvalue weighted by Gasteiger charge is 2.15. The highest BCUT2D eigenvalue weighted by atomic mass is 16.6. The van der Waals surface area contributed by atoms with Crippen LogP contribution in [0.5, 0.6) is 0 Å². The molecule has 0 fully saturated rings. The molecule has 1 aromatic carbocycles. The molecule has 0 aliphatic carbocycles. The minimum absolute atomic E-state index is 0.185. The Morgan fingerprint density at radius 1 is 1.47 bits per heavy atom. The lowest BCUT2D eigenvalue weighted by Crippen LogP contribution is -2.31. The van der Waals surface area contributed by atoms with Crippen LogP contribution in [0.15, 0.2) is 30.6 Å². The summed E-state index contributed by atoms with van der Waals surface area (Å²) in [6.07, 6.45) is 1.23. The molecule has 0 unspecified atom stereocenters. The van der Waals surface area contributed by atoms with E-state index in [1.54, 1.807) is 24.3 Å². The van der Waals surface area contributed by atoms with E-state index < -0.39 is 16.8 Å². The third-order valence-electron chi connectivity index (χ3n) is 2.41. The lowest BCUT2D eigenvalue weighted by molar-refractivity contribution is -0.394. The van der Waals surface area contributed by atoms with Gasteiger partial charge in [0.05, 0.1) is 6.54 Å². The van der Waals surface area contributed by atoms with Crippen molar-refractivity contribution >= 4 is 11.9 Å². The number of hydrazine groups is 1. The molecule has 1 aromatic heterocycles. The first-order valence-corrected chi connectivity index (χ1v) is 5.24. The van der Waals surface area contributed by atoms with Gasteiger partial charge in [0, 0.05) is 10.7 Å². The zero-order chi connectivity index (χ0) is 13.8. The number of hydrogen-bond acceptors (Lipinski definition) is 6. The summed E-state index contributed by atoms with van der Waals surface area (Å²) in [6.45, 7) is 0.185. The van der Waals surface area contributed by atoms with Crippen molar-refractivity contribution in [3.05, 3.63) is 51.8 Å². The molecule has 1 heterocycles. The predicted octanol–water partition coefficient (Wildman–Crippen LogP) is -0.162. The number of nitrogens with two attached hydrogens (primary N) is 1. The summed E-state index contributed by atoms with van der Waals surface area (Å²) in [6, 6.07) is 6.74. The van der Waals surface area contributed by atoms with Gasteiger partial charge in [-0.15, -0.1) is 0 Å². The molecule has 0 saturated heterocycles. The lowest BCUT2D eigenvalue weighted by atomic mass is 10.1. The monoisotopic (exact) mass is 262 g/mol. The first-order valence-electron chi connectivity index (χ1n) is 5.24. The van der Waals surface area contributed by atoms with Crippen molar-refractivity contribution in [2.45, 2.75) is 6.54 Å². The number of nitro groups is 1. The van der Waals surface area contributed by atoms with Crippen molar-refractivity contribution in [1.82, 2.24) is 20.2 Å². The SMILES string of the molecule is NNC(=O)c1ccccc1Cn1cnc([N+](=O)[O-])n1. The minimum atomic E-state index is -0.686. The van der Waals surface area contributed by atoms with E-state index >= 15 is 0 Å². The van der Waals surface area contributed by atoms with Crippen LogP contribution in [0, 0.1) is 10.1 Å². The molecular weight excluding hydrogens is 252 g/mol. The summed E-state index contributed by atoms with van der Waals surface area (Å²) in [5.41, 5.74) is 3.05. The summed E-state index contributed by atoms with van der Waals surface area (Å²) in [7, 11) is 0. The molecule has 1 amide bonds. The second-order valence-electron chi connectivity index (χ2n) is 3.63. The van der Waals surface area contributed by atoms with E-state index in [1.807, 2.05) is 5.43 Å². The molecule has 0 atom stereocenters. The maximum Gasteiger partial charge on any atom is 0.490 e. The second kappa shape index (κ2) is 5.23. The van der Waals surface area contributed by atoms with Gasteiger partial charge in [0.25, 0.3) is 5.91 Å². The third-order valence-corrected chi connectivity index (χ3v) is 2.41. The topological polar surface area (TPSA) is 129 Å². The van der Waals surface area contributed by atoms with E-state index in [1.165, 1.54) is 11.0 Å². The van der Waals surface area contributed by atoms with Gasteiger partial charge in [-0.2, -0.15) is 4.68 Å². The summed E-state index contributed by atoms with van der Waals surface area (Å²) in [5, 5.41) is 14.1. The van der Waals surface area contributed by atoms with E-state index in [9.17, 15) is 14.9 Å². The van der Waals surface area contributed by atoms with Crippen LogP contribution in [0.3, 0.4) is 0 Å². The fourth-order valence-corrected chi connectivity index (χ4v) is 1.58. The largest absolute Gasteiger partial charge is 0.490 e. The molecule has 0 spiro atoms. The molecule has 2 aromatic rings. The Hall–Kier alpha value is -2.81. The van der Waals surface area contributed by atoms with E-state index in [4.69, 9.17) is 5.84 Å². The molecule has 2 rings (SSSR count). The molecule has 9 heteroatoms. The van der Waals surface area contributed by atoms with Crippen molar-refractivity contribution in [1.29, 1.82) is 0 Å². The van der Waals surface area contributed by atoms with Gasteiger partial charge in [-0.1, -0.05) is 23.2 Å². The van der Waals surface area contributed by atoms with Gasteiger partial charge in [0.2, 0.25) is 6.33 Å². The highest BCUT2D eigenvalue weighted by molar-refractivity contribution is 5.95. The lowest BCUT2D eigenvalue weighted by Gasteiger charge is -2.06. The van der Waals surface area contributed by atoms with Crippen LogP contribution in [-0.2, 0) is 6.54 Å². The number of rotatable bonds is 4. The number of benzene rings is 1. The number of carbonyl (C=O) groups is 1. The van der Waals surface area contributed by atoms with Crippen LogP contribution >= 0.6 is 0 Å². The van der Waals surface area contributed by atoms with Crippen molar-refractivity contribution in [2.75, 3.05) is 0 Å². The maximum atomic E-state index is 11.5. The van der Waals surface area contributed by atoms with Crippen LogP contribution in [0.4, 0.5) is 5.95 Å². The summed E-state index contributed by atoms with van der Waals surface area (Å²) >= 11 is 0. The number of aromatic nitrogens is 3. The average Bonchev–Trinajstić information content (AvgIpc) is 2.87. The number of hydrogen-bond donors (Lipinski definition) is 2. The maximum absolute atomic E-state index is 11.5. The fraction of sp³-hybridized carbons (Fsp3) is 0.100. The van der Waals surface area contributed by atoms with Crippen LogP contribution in [-0.4, -0.2) is 25.6 Å². The molecule has 3 N–H and O–H groups in total. The molecule has 19 heavy (non-hydrogen) atoms. The Bertz CT molecular complexity index is 623. The second-order valence-corrected chi connectivity index (χ2v) is 3.63. The van der Waals surface area contributed by atoms with Gasteiger partial charge in [-0.3, -0.25) is 10.2 Å². The minimum Gasteiger partial charge on any atom is -0.390 e. The summed E-state index contributed by atoms with van der Waals surface area (Å²) < 4.78 is 1.28. The quantitative estimate of drug-likeness (QED) is 0.341. The predicted molar refractivity (Wildman–Crippen MR) is 63.9 cm³/mol. The number of nitrogen functional groups attached to an aromatic ring is 1. The van der Waals surface area contributed by atoms with Gasteiger partial charge >= 0.3 is 5.95 Å². The van der Waals surface area contributed by atoms with E-state index in [0.29, 0.717) is 11.1 Å². The number of carbonyl (C=O) groups excluding carboxylic acids is 1. The highest BCUT2D eigenvalue weighted by Crippen LogP contribution is 2.11. The molecule has 0 radical (unpaired) electrons. The smallest absolute Gasteiger partial charge is 0.390 e. The normalized spacial score (nSPS) is 10.2. The standard InChI is InChI=1S/C10H10N6O3/c11-13-9(17)8-4-2-1-3-7(8)5-15-6-12-10(14-15)16(18)19/h1-4,6H,5,11H2,(H,13,17). The third kappa shape index (κ3) is 2.72. The Morgan fingerprint density at radius 3 is 2.84 bits per heavy atom. The van der Waals surface area contributed by atoms with Gasteiger partial charge < -0.3 is 10.1 Å². The Morgan fingerprint density at radius 2 is 2.21 bits per heavy atom. The van der Waals surface area contributed by atoms with Crippen LogP contribution < -0.4 is 11.3 Å². The van der Waals surface area contributed by atoms with E-state index in [-0.39, 0.29) is 6.54 Å². The van der Waals surface area contributed by atoms with Crippen molar-refractivity contribution in [3.63, 3.8) is 0 Å². The summed E-state index contributed by atoms with van der Waals surface area (Å²) in [4.78, 5) is 24.9. The zero-order valence-electron chi connectivity index (χ0n) is 9.68.